The van der Waals surface area contributed by atoms with Gasteiger partial charge in [-0.3, -0.25) is 14.4 Å². The molecule has 0 aromatic heterocycles. The maximum atomic E-state index is 12.6. The first-order valence-corrected chi connectivity index (χ1v) is 10.7. The fourth-order valence-corrected chi connectivity index (χ4v) is 2.97. The van der Waals surface area contributed by atoms with Crippen LogP contribution < -0.4 is 21.7 Å². The zero-order chi connectivity index (χ0) is 21.9. The van der Waals surface area contributed by atoms with Gasteiger partial charge in [-0.15, -0.1) is 0 Å². The van der Waals surface area contributed by atoms with Crippen LogP contribution >= 0.6 is 11.8 Å². The molecule has 0 fully saturated rings. The van der Waals surface area contributed by atoms with Crippen LogP contribution in [-0.2, 0) is 19.2 Å². The average molecular weight is 419 g/mol. The van der Waals surface area contributed by atoms with E-state index < -0.39 is 41.8 Å². The number of nitrogens with one attached hydrogen (secondary N) is 3. The molecule has 28 heavy (non-hydrogen) atoms. The quantitative estimate of drug-likeness (QED) is 0.281. The van der Waals surface area contributed by atoms with E-state index in [2.05, 4.69) is 16.0 Å². The Morgan fingerprint density at radius 1 is 0.964 bits per heavy atom. The third-order valence-electron chi connectivity index (χ3n) is 4.02. The number of carboxylic acid groups (broad SMARTS) is 1. The highest BCUT2D eigenvalue weighted by Crippen LogP contribution is 2.09. The third-order valence-corrected chi connectivity index (χ3v) is 4.66. The van der Waals surface area contributed by atoms with Gasteiger partial charge in [0.15, 0.2) is 0 Å². The molecule has 0 spiro atoms. The van der Waals surface area contributed by atoms with Crippen molar-refractivity contribution in [3.63, 3.8) is 0 Å². The van der Waals surface area contributed by atoms with Crippen molar-refractivity contribution in [1.82, 2.24) is 16.0 Å². The van der Waals surface area contributed by atoms with Gasteiger partial charge in [0.2, 0.25) is 17.7 Å². The minimum Gasteiger partial charge on any atom is -0.480 e. The van der Waals surface area contributed by atoms with Crippen molar-refractivity contribution in [2.45, 2.75) is 58.7 Å². The summed E-state index contributed by atoms with van der Waals surface area (Å²) in [6, 6.07) is -2.77. The molecule has 0 radical (unpaired) electrons. The minimum absolute atomic E-state index is 0.0795. The summed E-state index contributed by atoms with van der Waals surface area (Å²) in [5.41, 5.74) is 5.30. The van der Waals surface area contributed by atoms with Gasteiger partial charge in [-0.2, -0.15) is 11.8 Å². The van der Waals surface area contributed by atoms with Crippen molar-refractivity contribution >= 4 is 35.5 Å². The number of amides is 3. The van der Waals surface area contributed by atoms with E-state index in [4.69, 9.17) is 5.73 Å². The number of thioether (sulfide) groups is 1. The monoisotopic (exact) mass is 418 g/mol. The molecule has 0 aliphatic heterocycles. The van der Waals surface area contributed by atoms with Gasteiger partial charge in [0.1, 0.15) is 18.1 Å². The van der Waals surface area contributed by atoms with Crippen molar-refractivity contribution in [1.29, 1.82) is 0 Å². The largest absolute Gasteiger partial charge is 0.480 e. The Balaban J connectivity index is 5.22. The first kappa shape index (κ1) is 26.2. The first-order valence-electron chi connectivity index (χ1n) is 9.35. The van der Waals surface area contributed by atoms with Gasteiger partial charge < -0.3 is 26.8 Å². The topological polar surface area (TPSA) is 151 Å². The highest BCUT2D eigenvalue weighted by molar-refractivity contribution is 7.98. The minimum atomic E-state index is -1.12. The van der Waals surface area contributed by atoms with E-state index in [1.807, 2.05) is 20.1 Å². The second-order valence-corrected chi connectivity index (χ2v) is 8.35. The lowest BCUT2D eigenvalue weighted by molar-refractivity contribution is -0.143. The number of hydrogen-bond acceptors (Lipinski definition) is 6. The normalized spacial score (nSPS) is 14.3. The molecule has 0 rings (SSSR count). The maximum absolute atomic E-state index is 12.6. The van der Waals surface area contributed by atoms with E-state index in [0.29, 0.717) is 12.2 Å². The lowest BCUT2D eigenvalue weighted by atomic mass is 10.00. The summed E-state index contributed by atoms with van der Waals surface area (Å²) >= 11 is 1.52. The zero-order valence-electron chi connectivity index (χ0n) is 17.3. The highest BCUT2D eigenvalue weighted by atomic mass is 32.2. The molecule has 0 saturated carbocycles. The Morgan fingerprint density at radius 3 is 2.00 bits per heavy atom. The first-order chi connectivity index (χ1) is 13.0. The van der Waals surface area contributed by atoms with Crippen LogP contribution in [0.25, 0.3) is 0 Å². The van der Waals surface area contributed by atoms with Crippen LogP contribution in [0.15, 0.2) is 0 Å². The maximum Gasteiger partial charge on any atom is 0.326 e. The molecular formula is C18H34N4O5S. The van der Waals surface area contributed by atoms with Crippen molar-refractivity contribution in [3.8, 4) is 0 Å². The standard InChI is InChI=1S/C18H34N4O5S/c1-10(2)8-13(18(26)27)21-17(25)15(11(3)4)22-16(24)12(6-7-28-5)20-14(23)9-19/h10-13,15H,6-9,19H2,1-5H3,(H,20,23)(H,21,25)(H,22,24)(H,26,27). The fraction of sp³-hybridized carbons (Fsp3) is 0.778. The van der Waals surface area contributed by atoms with Crippen molar-refractivity contribution in [2.24, 2.45) is 17.6 Å². The van der Waals surface area contributed by atoms with Gasteiger partial charge in [-0.1, -0.05) is 27.7 Å². The summed E-state index contributed by atoms with van der Waals surface area (Å²) in [6.07, 6.45) is 2.55. The molecule has 0 bridgehead atoms. The molecule has 3 atom stereocenters. The zero-order valence-corrected chi connectivity index (χ0v) is 18.1. The SMILES string of the molecule is CSCCC(NC(=O)CN)C(=O)NC(C(=O)NC(CC(C)C)C(=O)O)C(C)C. The van der Waals surface area contributed by atoms with Crippen LogP contribution in [0.2, 0.25) is 0 Å². The number of rotatable bonds is 13. The molecule has 3 amide bonds. The fourth-order valence-electron chi connectivity index (χ4n) is 2.50. The molecule has 0 saturated heterocycles. The smallest absolute Gasteiger partial charge is 0.326 e. The Morgan fingerprint density at radius 2 is 1.57 bits per heavy atom. The molecule has 0 aliphatic carbocycles. The molecule has 0 aromatic rings. The summed E-state index contributed by atoms with van der Waals surface area (Å²) in [7, 11) is 0. The lowest BCUT2D eigenvalue weighted by Crippen LogP contribution is -2.58. The predicted molar refractivity (Wildman–Crippen MR) is 110 cm³/mol. The van der Waals surface area contributed by atoms with Gasteiger partial charge >= 0.3 is 5.97 Å². The van der Waals surface area contributed by atoms with Gasteiger partial charge in [0.05, 0.1) is 6.54 Å². The van der Waals surface area contributed by atoms with Gasteiger partial charge in [-0.05, 0) is 36.7 Å². The van der Waals surface area contributed by atoms with E-state index >= 15 is 0 Å². The number of nitrogens with two attached hydrogens (primary N) is 1. The third kappa shape index (κ3) is 9.93. The van der Waals surface area contributed by atoms with Gasteiger partial charge in [-0.25, -0.2) is 4.79 Å². The van der Waals surface area contributed by atoms with Crippen molar-refractivity contribution in [2.75, 3.05) is 18.6 Å². The van der Waals surface area contributed by atoms with Crippen LogP contribution in [0.1, 0.15) is 40.5 Å². The van der Waals surface area contributed by atoms with Gasteiger partial charge in [0.25, 0.3) is 0 Å². The number of carbonyl (C=O) groups excluding carboxylic acids is 3. The summed E-state index contributed by atoms with van der Waals surface area (Å²) in [4.78, 5) is 48.3. The number of carboxylic acids is 1. The molecule has 0 heterocycles. The van der Waals surface area contributed by atoms with Crippen LogP contribution in [0.5, 0.6) is 0 Å². The molecule has 0 aliphatic rings. The van der Waals surface area contributed by atoms with Crippen LogP contribution in [0.4, 0.5) is 0 Å². The highest BCUT2D eigenvalue weighted by Gasteiger charge is 2.31. The Labute approximate surface area is 170 Å². The summed E-state index contributed by atoms with van der Waals surface area (Å²) in [5, 5.41) is 17.0. The van der Waals surface area contributed by atoms with E-state index in [1.165, 1.54) is 11.8 Å². The van der Waals surface area contributed by atoms with Crippen LogP contribution in [0, 0.1) is 11.8 Å². The molecule has 3 unspecified atom stereocenters. The molecule has 10 heteroatoms. The molecular weight excluding hydrogens is 384 g/mol. The number of aliphatic carboxylic acids is 1. The van der Waals surface area contributed by atoms with E-state index in [1.54, 1.807) is 13.8 Å². The number of hydrogen-bond donors (Lipinski definition) is 5. The lowest BCUT2D eigenvalue weighted by Gasteiger charge is -2.27. The second-order valence-electron chi connectivity index (χ2n) is 7.36. The van der Waals surface area contributed by atoms with Gasteiger partial charge in [0, 0.05) is 0 Å². The van der Waals surface area contributed by atoms with Crippen LogP contribution in [0.3, 0.4) is 0 Å². The van der Waals surface area contributed by atoms with Crippen molar-refractivity contribution < 1.29 is 24.3 Å². The molecule has 0 aromatic carbocycles. The van der Waals surface area contributed by atoms with E-state index in [9.17, 15) is 24.3 Å². The summed E-state index contributed by atoms with van der Waals surface area (Å²) < 4.78 is 0. The van der Waals surface area contributed by atoms with E-state index in [0.717, 1.165) is 0 Å². The Hall–Kier alpha value is -1.81. The molecule has 162 valence electrons. The Kier molecular flexibility index (Phi) is 12.5. The molecule has 6 N–H and O–H groups in total. The predicted octanol–water partition coefficient (Wildman–Crippen LogP) is -0.0607. The summed E-state index contributed by atoms with van der Waals surface area (Å²) in [6.45, 7) is 6.98. The van der Waals surface area contributed by atoms with E-state index in [-0.39, 0.29) is 24.8 Å². The second kappa shape index (κ2) is 13.4. The molecule has 9 nitrogen and oxygen atoms in total. The van der Waals surface area contributed by atoms with Crippen molar-refractivity contribution in [3.05, 3.63) is 0 Å². The Bertz CT molecular complexity index is 542. The average Bonchev–Trinajstić information content (AvgIpc) is 2.60. The number of carbonyl (C=O) groups is 4. The van der Waals surface area contributed by atoms with Crippen LogP contribution in [-0.4, -0.2) is 65.5 Å². The summed E-state index contributed by atoms with van der Waals surface area (Å²) in [5.74, 6) is -2.21.